The summed E-state index contributed by atoms with van der Waals surface area (Å²) < 4.78 is 25.1. The predicted octanol–water partition coefficient (Wildman–Crippen LogP) is 6.11. The lowest BCUT2D eigenvalue weighted by molar-refractivity contribution is -0.149. The molecule has 0 unspecified atom stereocenters. The van der Waals surface area contributed by atoms with Crippen molar-refractivity contribution in [1.82, 2.24) is 0 Å². The van der Waals surface area contributed by atoms with Crippen LogP contribution in [0, 0.1) is 11.2 Å². The Bertz CT molecular complexity index is 967. The SMILES string of the molecule is COc1ccc(C(=O)CC2(C(=O)O)CCCCCC2)cc1OCCc1cc(Cl)ccc1F. The fourth-order valence-electron chi connectivity index (χ4n) is 4.25. The molecular weight excluding hydrogens is 435 g/mol. The van der Waals surface area contributed by atoms with E-state index < -0.39 is 11.4 Å². The third kappa shape index (κ3) is 5.80. The van der Waals surface area contributed by atoms with E-state index in [1.165, 1.54) is 19.2 Å². The van der Waals surface area contributed by atoms with Crippen LogP contribution in [0.2, 0.25) is 5.02 Å². The number of carbonyl (C=O) groups excluding carboxylic acids is 1. The van der Waals surface area contributed by atoms with Crippen LogP contribution in [0.3, 0.4) is 0 Å². The van der Waals surface area contributed by atoms with Gasteiger partial charge in [0.25, 0.3) is 0 Å². The summed E-state index contributed by atoms with van der Waals surface area (Å²) in [6.45, 7) is 0.157. The molecule has 0 aromatic heterocycles. The summed E-state index contributed by atoms with van der Waals surface area (Å²) in [4.78, 5) is 25.1. The molecule has 3 rings (SSSR count). The number of carboxylic acid groups (broad SMARTS) is 1. The fraction of sp³-hybridized carbons (Fsp3) is 0.440. The molecule has 5 nitrogen and oxygen atoms in total. The highest BCUT2D eigenvalue weighted by Gasteiger charge is 2.40. The Balaban J connectivity index is 1.73. The van der Waals surface area contributed by atoms with Gasteiger partial charge in [-0.25, -0.2) is 4.39 Å². The fourth-order valence-corrected chi connectivity index (χ4v) is 4.44. The van der Waals surface area contributed by atoms with Gasteiger partial charge in [-0.15, -0.1) is 0 Å². The molecule has 7 heteroatoms. The van der Waals surface area contributed by atoms with Crippen molar-refractivity contribution in [3.05, 3.63) is 58.4 Å². The first kappa shape index (κ1) is 24.1. The van der Waals surface area contributed by atoms with E-state index in [4.69, 9.17) is 21.1 Å². The number of rotatable bonds is 9. The first-order chi connectivity index (χ1) is 15.3. The van der Waals surface area contributed by atoms with Gasteiger partial charge in [0, 0.05) is 23.4 Å². The molecule has 0 bridgehead atoms. The Morgan fingerprint density at radius 3 is 2.44 bits per heavy atom. The zero-order valence-corrected chi connectivity index (χ0v) is 18.9. The maximum absolute atomic E-state index is 13.9. The van der Waals surface area contributed by atoms with E-state index in [1.54, 1.807) is 24.3 Å². The van der Waals surface area contributed by atoms with Crippen molar-refractivity contribution in [3.8, 4) is 11.5 Å². The number of Topliss-reactive ketones (excluding diaryl/α,β-unsaturated/α-hetero) is 1. The molecule has 0 heterocycles. The molecule has 1 N–H and O–H groups in total. The van der Waals surface area contributed by atoms with E-state index in [1.807, 2.05) is 0 Å². The number of aliphatic carboxylic acids is 1. The second-order valence-electron chi connectivity index (χ2n) is 8.30. The van der Waals surface area contributed by atoms with Gasteiger partial charge in [-0.3, -0.25) is 9.59 Å². The van der Waals surface area contributed by atoms with E-state index in [0.29, 0.717) is 40.5 Å². The average molecular weight is 463 g/mol. The van der Waals surface area contributed by atoms with E-state index >= 15 is 0 Å². The molecule has 32 heavy (non-hydrogen) atoms. The quantitative estimate of drug-likeness (QED) is 0.359. The molecule has 1 fully saturated rings. The minimum atomic E-state index is -1.02. The second kappa shape index (κ2) is 10.8. The highest BCUT2D eigenvalue weighted by atomic mass is 35.5. The zero-order valence-electron chi connectivity index (χ0n) is 18.2. The number of ether oxygens (including phenoxy) is 2. The van der Waals surface area contributed by atoms with Gasteiger partial charge in [0.1, 0.15) is 5.82 Å². The van der Waals surface area contributed by atoms with Crippen molar-refractivity contribution < 1.29 is 28.6 Å². The average Bonchev–Trinajstić information content (AvgIpc) is 3.02. The predicted molar refractivity (Wildman–Crippen MR) is 120 cm³/mol. The Kier molecular flexibility index (Phi) is 8.13. The number of methoxy groups -OCH3 is 1. The molecule has 1 saturated carbocycles. The molecule has 0 aliphatic heterocycles. The summed E-state index contributed by atoms with van der Waals surface area (Å²) in [6.07, 6.45) is 4.90. The molecule has 0 radical (unpaired) electrons. The molecule has 1 aliphatic carbocycles. The zero-order chi connectivity index (χ0) is 23.1. The van der Waals surface area contributed by atoms with Crippen LogP contribution in [0.25, 0.3) is 0 Å². The number of hydrogen-bond acceptors (Lipinski definition) is 4. The lowest BCUT2D eigenvalue weighted by Gasteiger charge is -2.27. The van der Waals surface area contributed by atoms with Crippen LogP contribution in [0.15, 0.2) is 36.4 Å². The standard InChI is InChI=1S/C25H28ClFO5/c1-31-22-9-6-18(21(28)16-25(24(29)30)11-4-2-3-5-12-25)15-23(22)32-13-10-17-14-19(26)7-8-20(17)27/h6-9,14-15H,2-5,10-13,16H2,1H3,(H,29,30). The Morgan fingerprint density at radius 2 is 1.78 bits per heavy atom. The van der Waals surface area contributed by atoms with Crippen LogP contribution in [0.1, 0.15) is 60.9 Å². The van der Waals surface area contributed by atoms with Crippen molar-refractivity contribution in [2.24, 2.45) is 5.41 Å². The number of carboxylic acids is 1. The van der Waals surface area contributed by atoms with Crippen LogP contribution >= 0.6 is 11.6 Å². The molecule has 172 valence electrons. The second-order valence-corrected chi connectivity index (χ2v) is 8.74. The molecule has 0 saturated heterocycles. The number of ketones is 1. The van der Waals surface area contributed by atoms with Gasteiger partial charge < -0.3 is 14.6 Å². The first-order valence-electron chi connectivity index (χ1n) is 10.9. The summed E-state index contributed by atoms with van der Waals surface area (Å²) in [5.74, 6) is -0.707. The molecule has 0 spiro atoms. The normalized spacial score (nSPS) is 15.6. The lowest BCUT2D eigenvalue weighted by atomic mass is 9.75. The van der Waals surface area contributed by atoms with Gasteiger partial charge in [-0.2, -0.15) is 0 Å². The molecule has 0 atom stereocenters. The van der Waals surface area contributed by atoms with Crippen LogP contribution in [-0.4, -0.2) is 30.6 Å². The van der Waals surface area contributed by atoms with Crippen molar-refractivity contribution in [2.45, 2.75) is 51.4 Å². The third-order valence-corrected chi connectivity index (χ3v) is 6.37. The first-order valence-corrected chi connectivity index (χ1v) is 11.2. The monoisotopic (exact) mass is 462 g/mol. The minimum Gasteiger partial charge on any atom is -0.493 e. The maximum Gasteiger partial charge on any atom is 0.310 e. The number of hydrogen-bond donors (Lipinski definition) is 1. The highest BCUT2D eigenvalue weighted by Crippen LogP contribution is 2.40. The van der Waals surface area contributed by atoms with Crippen LogP contribution in [0.5, 0.6) is 11.5 Å². The number of halogens is 2. The maximum atomic E-state index is 13.9. The Hall–Kier alpha value is -2.60. The smallest absolute Gasteiger partial charge is 0.310 e. The Labute approximate surface area is 192 Å². The number of carbonyl (C=O) groups is 2. The minimum absolute atomic E-state index is 0.0399. The molecule has 0 amide bonds. The summed E-state index contributed by atoms with van der Waals surface area (Å²) in [5, 5.41) is 10.3. The molecular formula is C25H28ClFO5. The summed E-state index contributed by atoms with van der Waals surface area (Å²) in [6, 6.07) is 9.16. The van der Waals surface area contributed by atoms with Gasteiger partial charge in [0.15, 0.2) is 17.3 Å². The van der Waals surface area contributed by atoms with Gasteiger partial charge in [-0.05, 0) is 54.8 Å². The van der Waals surface area contributed by atoms with E-state index in [9.17, 15) is 19.1 Å². The summed E-state index contributed by atoms with van der Waals surface area (Å²) in [7, 11) is 1.49. The van der Waals surface area contributed by atoms with Crippen LogP contribution in [0.4, 0.5) is 4.39 Å². The molecule has 2 aromatic carbocycles. The van der Waals surface area contributed by atoms with E-state index in [-0.39, 0.29) is 31.0 Å². The van der Waals surface area contributed by atoms with Gasteiger partial charge in [0.05, 0.1) is 19.1 Å². The lowest BCUT2D eigenvalue weighted by Crippen LogP contribution is -2.33. The van der Waals surface area contributed by atoms with Gasteiger partial charge >= 0.3 is 5.97 Å². The summed E-state index contributed by atoms with van der Waals surface area (Å²) >= 11 is 5.93. The molecule has 2 aromatic rings. The molecule has 1 aliphatic rings. The van der Waals surface area contributed by atoms with Crippen LogP contribution in [-0.2, 0) is 11.2 Å². The third-order valence-electron chi connectivity index (χ3n) is 6.14. The van der Waals surface area contributed by atoms with Crippen LogP contribution < -0.4 is 9.47 Å². The van der Waals surface area contributed by atoms with E-state index in [0.717, 1.165) is 25.7 Å². The summed E-state index contributed by atoms with van der Waals surface area (Å²) in [5.41, 5.74) is -0.210. The van der Waals surface area contributed by atoms with Crippen molar-refractivity contribution in [2.75, 3.05) is 13.7 Å². The van der Waals surface area contributed by atoms with Gasteiger partial charge in [-0.1, -0.05) is 37.3 Å². The highest BCUT2D eigenvalue weighted by molar-refractivity contribution is 6.30. The number of benzene rings is 2. The van der Waals surface area contributed by atoms with Crippen molar-refractivity contribution in [1.29, 1.82) is 0 Å². The van der Waals surface area contributed by atoms with Gasteiger partial charge in [0.2, 0.25) is 0 Å². The topological polar surface area (TPSA) is 72.8 Å². The van der Waals surface area contributed by atoms with Crippen molar-refractivity contribution in [3.63, 3.8) is 0 Å². The van der Waals surface area contributed by atoms with E-state index in [2.05, 4.69) is 0 Å². The largest absolute Gasteiger partial charge is 0.493 e. The van der Waals surface area contributed by atoms with Crippen molar-refractivity contribution >= 4 is 23.4 Å². The Morgan fingerprint density at radius 1 is 1.06 bits per heavy atom.